The van der Waals surface area contributed by atoms with Gasteiger partial charge in [-0.25, -0.2) is 9.07 Å². The van der Waals surface area contributed by atoms with Crippen molar-refractivity contribution in [2.24, 2.45) is 0 Å². The van der Waals surface area contributed by atoms with E-state index >= 15 is 0 Å². The molecule has 1 heterocycles. The van der Waals surface area contributed by atoms with E-state index in [1.54, 1.807) is 35.0 Å². The summed E-state index contributed by atoms with van der Waals surface area (Å²) < 4.78 is 15.4. The van der Waals surface area contributed by atoms with Crippen molar-refractivity contribution in [2.75, 3.05) is 6.54 Å². The van der Waals surface area contributed by atoms with E-state index in [9.17, 15) is 9.18 Å². The molecule has 2 aromatic carbocycles. The number of rotatable bonds is 6. The first kappa shape index (κ1) is 20.4. The molecule has 3 aromatic rings. The number of carbonyl (C=O) groups is 1. The molecule has 28 heavy (non-hydrogen) atoms. The SMILES string of the molecule is Cc1nn(-c2ccc(Cl)c(Cl)c2)c(C)c1CC(=O)NCCc1ccccc1F. The Morgan fingerprint density at radius 3 is 2.61 bits per heavy atom. The van der Waals surface area contributed by atoms with Crippen LogP contribution in [0.1, 0.15) is 22.5 Å². The molecule has 0 aliphatic carbocycles. The molecule has 0 saturated carbocycles. The summed E-state index contributed by atoms with van der Waals surface area (Å²) in [6, 6.07) is 11.8. The molecule has 1 amide bonds. The summed E-state index contributed by atoms with van der Waals surface area (Å²) in [7, 11) is 0. The molecule has 0 bridgehead atoms. The largest absolute Gasteiger partial charge is 0.355 e. The Hall–Kier alpha value is -2.37. The zero-order valence-electron chi connectivity index (χ0n) is 15.6. The summed E-state index contributed by atoms with van der Waals surface area (Å²) >= 11 is 12.1. The molecule has 0 fully saturated rings. The van der Waals surface area contributed by atoms with Crippen LogP contribution in [0, 0.1) is 19.7 Å². The highest BCUT2D eigenvalue weighted by atomic mass is 35.5. The molecule has 0 spiro atoms. The summed E-state index contributed by atoms with van der Waals surface area (Å²) in [6.07, 6.45) is 0.648. The van der Waals surface area contributed by atoms with E-state index in [0.29, 0.717) is 28.6 Å². The number of nitrogens with one attached hydrogen (secondary N) is 1. The predicted octanol–water partition coefficient (Wildman–Crippen LogP) is 4.84. The van der Waals surface area contributed by atoms with Crippen molar-refractivity contribution >= 4 is 29.1 Å². The average molecular weight is 420 g/mol. The molecule has 0 atom stereocenters. The Kier molecular flexibility index (Phi) is 6.37. The second kappa shape index (κ2) is 8.76. The zero-order chi connectivity index (χ0) is 20.3. The maximum atomic E-state index is 13.6. The number of hydrogen-bond acceptors (Lipinski definition) is 2. The van der Waals surface area contributed by atoms with Crippen LogP contribution in [-0.2, 0) is 17.6 Å². The van der Waals surface area contributed by atoms with Gasteiger partial charge in [0.15, 0.2) is 0 Å². The van der Waals surface area contributed by atoms with Gasteiger partial charge in [-0.2, -0.15) is 5.10 Å². The van der Waals surface area contributed by atoms with Crippen LogP contribution in [0.25, 0.3) is 5.69 Å². The summed E-state index contributed by atoms with van der Waals surface area (Å²) in [5.41, 5.74) is 3.85. The van der Waals surface area contributed by atoms with Crippen LogP contribution in [0.3, 0.4) is 0 Å². The van der Waals surface area contributed by atoms with Gasteiger partial charge in [0.1, 0.15) is 5.82 Å². The molecule has 4 nitrogen and oxygen atoms in total. The topological polar surface area (TPSA) is 46.9 Å². The molecule has 0 unspecified atom stereocenters. The number of halogens is 3. The highest BCUT2D eigenvalue weighted by molar-refractivity contribution is 6.42. The summed E-state index contributed by atoms with van der Waals surface area (Å²) in [6.45, 7) is 4.15. The lowest BCUT2D eigenvalue weighted by molar-refractivity contribution is -0.120. The molecule has 1 N–H and O–H groups in total. The van der Waals surface area contributed by atoms with Gasteiger partial charge in [-0.15, -0.1) is 0 Å². The minimum absolute atomic E-state index is 0.128. The molecule has 0 aliphatic rings. The maximum absolute atomic E-state index is 13.6. The van der Waals surface area contributed by atoms with Crippen molar-refractivity contribution in [3.05, 3.63) is 80.8 Å². The minimum Gasteiger partial charge on any atom is -0.355 e. The lowest BCUT2D eigenvalue weighted by Crippen LogP contribution is -2.27. The Morgan fingerprint density at radius 1 is 1.14 bits per heavy atom. The number of amides is 1. The first-order chi connectivity index (χ1) is 13.4. The van der Waals surface area contributed by atoms with E-state index in [-0.39, 0.29) is 18.1 Å². The van der Waals surface area contributed by atoms with Gasteiger partial charge < -0.3 is 5.32 Å². The third kappa shape index (κ3) is 4.54. The van der Waals surface area contributed by atoms with Gasteiger partial charge in [0.25, 0.3) is 0 Å². The first-order valence-corrected chi connectivity index (χ1v) is 9.63. The normalized spacial score (nSPS) is 10.9. The summed E-state index contributed by atoms with van der Waals surface area (Å²) in [5.74, 6) is -0.387. The van der Waals surface area contributed by atoms with E-state index in [1.165, 1.54) is 6.07 Å². The smallest absolute Gasteiger partial charge is 0.224 e. The van der Waals surface area contributed by atoms with Crippen LogP contribution in [0.5, 0.6) is 0 Å². The molecule has 146 valence electrons. The number of hydrogen-bond donors (Lipinski definition) is 1. The fourth-order valence-electron chi connectivity index (χ4n) is 3.06. The Morgan fingerprint density at radius 2 is 1.89 bits per heavy atom. The maximum Gasteiger partial charge on any atom is 0.224 e. The van der Waals surface area contributed by atoms with Crippen LogP contribution >= 0.6 is 23.2 Å². The van der Waals surface area contributed by atoms with Crippen molar-refractivity contribution in [3.8, 4) is 5.69 Å². The lowest BCUT2D eigenvalue weighted by Gasteiger charge is -2.08. The van der Waals surface area contributed by atoms with Crippen LogP contribution in [0.2, 0.25) is 10.0 Å². The van der Waals surface area contributed by atoms with Crippen molar-refractivity contribution in [1.29, 1.82) is 0 Å². The van der Waals surface area contributed by atoms with Crippen molar-refractivity contribution in [1.82, 2.24) is 15.1 Å². The fraction of sp³-hybridized carbons (Fsp3) is 0.238. The van der Waals surface area contributed by atoms with Crippen molar-refractivity contribution in [3.63, 3.8) is 0 Å². The fourth-order valence-corrected chi connectivity index (χ4v) is 3.35. The Balaban J connectivity index is 1.67. The minimum atomic E-state index is -0.258. The summed E-state index contributed by atoms with van der Waals surface area (Å²) in [5, 5.41) is 8.29. The van der Waals surface area contributed by atoms with Crippen LogP contribution in [0.4, 0.5) is 4.39 Å². The molecule has 3 rings (SSSR count). The molecule has 7 heteroatoms. The Bertz CT molecular complexity index is 1020. The summed E-state index contributed by atoms with van der Waals surface area (Å²) in [4.78, 5) is 12.4. The van der Waals surface area contributed by atoms with Gasteiger partial charge in [0.05, 0.1) is 27.8 Å². The number of benzene rings is 2. The quantitative estimate of drug-likeness (QED) is 0.621. The van der Waals surface area contributed by atoms with Crippen LogP contribution in [-0.4, -0.2) is 22.2 Å². The van der Waals surface area contributed by atoms with Crippen LogP contribution < -0.4 is 5.32 Å². The van der Waals surface area contributed by atoms with Gasteiger partial charge in [0.2, 0.25) is 5.91 Å². The highest BCUT2D eigenvalue weighted by Crippen LogP contribution is 2.26. The second-order valence-corrected chi connectivity index (χ2v) is 7.34. The van der Waals surface area contributed by atoms with Crippen molar-refractivity contribution < 1.29 is 9.18 Å². The zero-order valence-corrected chi connectivity index (χ0v) is 17.1. The van der Waals surface area contributed by atoms with Gasteiger partial charge in [-0.1, -0.05) is 41.4 Å². The van der Waals surface area contributed by atoms with E-state index in [2.05, 4.69) is 10.4 Å². The number of aryl methyl sites for hydroxylation is 1. The van der Waals surface area contributed by atoms with Crippen molar-refractivity contribution in [2.45, 2.75) is 26.7 Å². The molecule has 0 saturated heterocycles. The predicted molar refractivity (Wildman–Crippen MR) is 110 cm³/mol. The highest BCUT2D eigenvalue weighted by Gasteiger charge is 2.16. The van der Waals surface area contributed by atoms with E-state index < -0.39 is 0 Å². The monoisotopic (exact) mass is 419 g/mol. The Labute approximate surface area is 173 Å². The molecule has 0 aliphatic heterocycles. The third-order valence-electron chi connectivity index (χ3n) is 4.60. The molecule has 0 radical (unpaired) electrons. The van der Waals surface area contributed by atoms with Crippen LogP contribution in [0.15, 0.2) is 42.5 Å². The first-order valence-electron chi connectivity index (χ1n) is 8.87. The van der Waals surface area contributed by atoms with E-state index in [1.807, 2.05) is 19.9 Å². The molecular formula is C21H20Cl2FN3O. The number of nitrogens with zero attached hydrogens (tertiary/aromatic N) is 2. The number of aromatic nitrogens is 2. The number of carbonyl (C=O) groups excluding carboxylic acids is 1. The average Bonchev–Trinajstić information content (AvgIpc) is 2.94. The lowest BCUT2D eigenvalue weighted by atomic mass is 10.1. The second-order valence-electron chi connectivity index (χ2n) is 6.53. The molecule has 1 aromatic heterocycles. The van der Waals surface area contributed by atoms with Gasteiger partial charge in [-0.3, -0.25) is 4.79 Å². The van der Waals surface area contributed by atoms with E-state index in [0.717, 1.165) is 22.6 Å². The van der Waals surface area contributed by atoms with Gasteiger partial charge in [-0.05, 0) is 50.1 Å². The van der Waals surface area contributed by atoms with Gasteiger partial charge >= 0.3 is 0 Å². The molecular weight excluding hydrogens is 400 g/mol. The third-order valence-corrected chi connectivity index (χ3v) is 5.34. The standard InChI is InChI=1S/C21H20Cl2FN3O/c1-13-17(12-21(28)25-10-9-15-5-3-4-6-20(15)24)14(2)27(26-13)16-7-8-18(22)19(23)11-16/h3-8,11H,9-10,12H2,1-2H3,(H,25,28). The van der Waals surface area contributed by atoms with E-state index in [4.69, 9.17) is 23.2 Å². The van der Waals surface area contributed by atoms with Gasteiger partial charge in [0, 0.05) is 17.8 Å².